The fourth-order valence-corrected chi connectivity index (χ4v) is 3.60. The summed E-state index contributed by atoms with van der Waals surface area (Å²) in [6, 6.07) is 3.84. The fourth-order valence-electron chi connectivity index (χ4n) is 3.60. The lowest BCUT2D eigenvalue weighted by Gasteiger charge is -2.25. The number of rotatable bonds is 11. The Kier molecular flexibility index (Phi) is 10.8. The molecule has 0 aliphatic rings. The molecule has 13 nitrogen and oxygen atoms in total. The van der Waals surface area contributed by atoms with Crippen LogP contribution in [0.2, 0.25) is 0 Å². The summed E-state index contributed by atoms with van der Waals surface area (Å²) in [7, 11) is 2.79. The molecule has 0 bridgehead atoms. The largest absolute Gasteiger partial charge is 0.497 e. The average Bonchev–Trinajstić information content (AvgIpc) is 3.35. The van der Waals surface area contributed by atoms with Crippen LogP contribution in [0.15, 0.2) is 30.6 Å². The molecule has 214 valence electrons. The topological polar surface area (TPSA) is 163 Å². The van der Waals surface area contributed by atoms with Crippen molar-refractivity contribution in [2.75, 3.05) is 14.2 Å². The Labute approximate surface area is 228 Å². The van der Waals surface area contributed by atoms with Gasteiger partial charge < -0.3 is 34.7 Å². The Hall–Kier alpha value is -4.16. The quantitative estimate of drug-likeness (QED) is 0.357. The van der Waals surface area contributed by atoms with Crippen molar-refractivity contribution in [3.05, 3.63) is 42.0 Å². The van der Waals surface area contributed by atoms with Crippen molar-refractivity contribution in [1.29, 1.82) is 0 Å². The van der Waals surface area contributed by atoms with Crippen LogP contribution in [-0.2, 0) is 30.3 Å². The first-order chi connectivity index (χ1) is 18.2. The maximum absolute atomic E-state index is 13.4. The monoisotopic (exact) mass is 546 g/mol. The number of hydrogen-bond donors (Lipinski definition) is 3. The second-order valence-electron chi connectivity index (χ2n) is 10.0. The van der Waals surface area contributed by atoms with Crippen LogP contribution in [0, 0.1) is 0 Å². The molecule has 1 heterocycles. The summed E-state index contributed by atoms with van der Waals surface area (Å²) in [6.45, 7) is 9.87. The van der Waals surface area contributed by atoms with Crippen LogP contribution in [0.25, 0.3) is 0 Å². The van der Waals surface area contributed by atoms with E-state index in [-0.39, 0.29) is 6.42 Å². The normalized spacial score (nSPS) is 14.3. The summed E-state index contributed by atoms with van der Waals surface area (Å²) < 4.78 is 16.7. The molecule has 0 saturated heterocycles. The number of esters is 1. The van der Waals surface area contributed by atoms with Crippen molar-refractivity contribution in [3.8, 4) is 5.75 Å². The van der Waals surface area contributed by atoms with Gasteiger partial charge in [-0.05, 0) is 59.2 Å². The highest BCUT2D eigenvalue weighted by atomic mass is 16.6. The van der Waals surface area contributed by atoms with E-state index in [0.29, 0.717) is 11.6 Å². The molecule has 39 heavy (non-hydrogen) atoms. The van der Waals surface area contributed by atoms with E-state index in [1.165, 1.54) is 27.3 Å². The summed E-state index contributed by atoms with van der Waals surface area (Å²) in [6.07, 6.45) is 0.889. The number of alkyl carbamates (subject to hydrolysis) is 1. The van der Waals surface area contributed by atoms with Gasteiger partial charge in [-0.1, -0.05) is 12.1 Å². The Bertz CT molecular complexity index is 1140. The number of nitrogens with one attached hydrogen (secondary N) is 3. The Morgan fingerprint density at radius 1 is 0.923 bits per heavy atom. The first-order valence-electron chi connectivity index (χ1n) is 12.5. The minimum absolute atomic E-state index is 0.228. The average molecular weight is 547 g/mol. The number of hydrogen-bond acceptors (Lipinski definition) is 9. The zero-order valence-corrected chi connectivity index (χ0v) is 23.6. The van der Waals surface area contributed by atoms with E-state index in [1.807, 2.05) is 12.1 Å². The molecule has 0 spiro atoms. The van der Waals surface area contributed by atoms with E-state index in [4.69, 9.17) is 14.2 Å². The highest BCUT2D eigenvalue weighted by molar-refractivity contribution is 5.87. The van der Waals surface area contributed by atoms with Gasteiger partial charge in [0.05, 0.1) is 20.3 Å². The molecule has 3 amide bonds. The molecule has 0 saturated carbocycles. The standard InChI is InChI=1S/C26H38N6O7/c1-15(28-22(33)16(2)30-25(36)39-26(4,5)6)21-31-27-14-32(21)20(23(34)29-17(3)24(35)38-8)13-18-9-11-19(37-7)12-10-18/h9-12,14-17,20H,13H2,1-8H3,(H,28,33)(H,29,34)(H,30,36)/t15-,16+,17-,20-/m0/s1. The molecular formula is C26H38N6O7. The van der Waals surface area contributed by atoms with Crippen molar-refractivity contribution in [2.45, 2.75) is 77.7 Å². The summed E-state index contributed by atoms with van der Waals surface area (Å²) in [4.78, 5) is 50.1. The number of carbonyl (C=O) groups is 4. The molecule has 4 atom stereocenters. The van der Waals surface area contributed by atoms with Gasteiger partial charge in [0.2, 0.25) is 11.8 Å². The summed E-state index contributed by atoms with van der Waals surface area (Å²) >= 11 is 0. The van der Waals surface area contributed by atoms with Gasteiger partial charge >= 0.3 is 12.1 Å². The second kappa shape index (κ2) is 13.6. The fraction of sp³-hybridized carbons (Fsp3) is 0.538. The Morgan fingerprint density at radius 2 is 1.56 bits per heavy atom. The van der Waals surface area contributed by atoms with Gasteiger partial charge in [0, 0.05) is 6.42 Å². The molecule has 0 aliphatic heterocycles. The van der Waals surface area contributed by atoms with Crippen LogP contribution >= 0.6 is 0 Å². The van der Waals surface area contributed by atoms with Gasteiger partial charge in [-0.2, -0.15) is 0 Å². The van der Waals surface area contributed by atoms with E-state index < -0.39 is 53.6 Å². The first kappa shape index (κ1) is 31.1. The smallest absolute Gasteiger partial charge is 0.408 e. The zero-order chi connectivity index (χ0) is 29.3. The minimum Gasteiger partial charge on any atom is -0.497 e. The predicted molar refractivity (Wildman–Crippen MR) is 141 cm³/mol. The molecule has 3 N–H and O–H groups in total. The van der Waals surface area contributed by atoms with Crippen LogP contribution in [0.1, 0.15) is 65.0 Å². The molecule has 0 unspecified atom stereocenters. The van der Waals surface area contributed by atoms with Gasteiger partial charge in [-0.3, -0.25) is 9.59 Å². The lowest BCUT2D eigenvalue weighted by Crippen LogP contribution is -2.47. The van der Waals surface area contributed by atoms with Crippen LogP contribution in [0.4, 0.5) is 4.79 Å². The molecule has 13 heteroatoms. The van der Waals surface area contributed by atoms with Gasteiger partial charge in [-0.25, -0.2) is 9.59 Å². The maximum atomic E-state index is 13.4. The number of benzene rings is 1. The molecule has 1 aromatic heterocycles. The third kappa shape index (κ3) is 9.27. The van der Waals surface area contributed by atoms with Crippen LogP contribution in [-0.4, -0.2) is 70.5 Å². The van der Waals surface area contributed by atoms with Crippen LogP contribution < -0.4 is 20.7 Å². The van der Waals surface area contributed by atoms with Crippen LogP contribution in [0.5, 0.6) is 5.75 Å². The third-order valence-corrected chi connectivity index (χ3v) is 5.61. The number of amides is 3. The Morgan fingerprint density at radius 3 is 2.13 bits per heavy atom. The van der Waals surface area contributed by atoms with Gasteiger partial charge in [0.25, 0.3) is 0 Å². The minimum atomic E-state index is -0.905. The van der Waals surface area contributed by atoms with E-state index in [0.717, 1.165) is 5.56 Å². The maximum Gasteiger partial charge on any atom is 0.408 e. The van der Waals surface area contributed by atoms with E-state index in [9.17, 15) is 19.2 Å². The van der Waals surface area contributed by atoms with Gasteiger partial charge in [0.1, 0.15) is 35.8 Å². The summed E-state index contributed by atoms with van der Waals surface area (Å²) in [5.41, 5.74) is 0.0997. The highest BCUT2D eigenvalue weighted by Gasteiger charge is 2.30. The SMILES string of the molecule is COC(=O)[C@H](C)NC(=O)[C@H](Cc1ccc(OC)cc1)n1cnnc1[C@H](C)NC(=O)[C@@H](C)NC(=O)OC(C)(C)C. The predicted octanol–water partition coefficient (Wildman–Crippen LogP) is 1.84. The molecule has 0 radical (unpaired) electrons. The van der Waals surface area contributed by atoms with Gasteiger partial charge in [0.15, 0.2) is 5.82 Å². The molecule has 0 aliphatic carbocycles. The molecule has 0 fully saturated rings. The van der Waals surface area contributed by atoms with Crippen LogP contribution in [0.3, 0.4) is 0 Å². The van der Waals surface area contributed by atoms with Crippen molar-refractivity contribution in [3.63, 3.8) is 0 Å². The molecule has 2 aromatic rings. The van der Waals surface area contributed by atoms with E-state index in [1.54, 1.807) is 51.5 Å². The lowest BCUT2D eigenvalue weighted by molar-refractivity contribution is -0.145. The molecule has 1 aromatic carbocycles. The summed E-state index contributed by atoms with van der Waals surface area (Å²) in [5, 5.41) is 16.0. The second-order valence-corrected chi connectivity index (χ2v) is 10.0. The zero-order valence-electron chi connectivity index (χ0n) is 23.6. The number of nitrogens with zero attached hydrogens (tertiary/aromatic N) is 3. The number of carbonyl (C=O) groups excluding carboxylic acids is 4. The highest BCUT2D eigenvalue weighted by Crippen LogP contribution is 2.22. The number of methoxy groups -OCH3 is 2. The molecule has 2 rings (SSSR count). The van der Waals surface area contributed by atoms with Crippen molar-refractivity contribution >= 4 is 23.9 Å². The first-order valence-corrected chi connectivity index (χ1v) is 12.5. The Balaban J connectivity index is 2.26. The lowest BCUT2D eigenvalue weighted by atomic mass is 10.0. The van der Waals surface area contributed by atoms with Crippen molar-refractivity contribution in [1.82, 2.24) is 30.7 Å². The van der Waals surface area contributed by atoms with Crippen molar-refractivity contribution < 1.29 is 33.4 Å². The molecular weight excluding hydrogens is 508 g/mol. The van der Waals surface area contributed by atoms with E-state index in [2.05, 4.69) is 26.1 Å². The van der Waals surface area contributed by atoms with Gasteiger partial charge in [-0.15, -0.1) is 10.2 Å². The van der Waals surface area contributed by atoms with E-state index >= 15 is 0 Å². The van der Waals surface area contributed by atoms with Crippen molar-refractivity contribution in [2.24, 2.45) is 0 Å². The number of ether oxygens (including phenoxy) is 3. The third-order valence-electron chi connectivity index (χ3n) is 5.61. The summed E-state index contributed by atoms with van der Waals surface area (Å²) in [5.74, 6) is -0.592. The number of aromatic nitrogens is 3.